The third-order valence-electron chi connectivity index (χ3n) is 5.98. The van der Waals surface area contributed by atoms with Crippen molar-refractivity contribution in [3.63, 3.8) is 0 Å². The molecule has 4 rings (SSSR count). The van der Waals surface area contributed by atoms with E-state index in [0.717, 1.165) is 60.4 Å². The Morgan fingerprint density at radius 1 is 1.16 bits per heavy atom. The molecule has 37 heavy (non-hydrogen) atoms. The van der Waals surface area contributed by atoms with Crippen LogP contribution in [-0.4, -0.2) is 44.2 Å². The first-order valence-corrected chi connectivity index (χ1v) is 12.2. The van der Waals surface area contributed by atoms with E-state index in [1.54, 1.807) is 6.07 Å². The van der Waals surface area contributed by atoms with Crippen molar-refractivity contribution in [3.05, 3.63) is 59.4 Å². The number of unbranched alkanes of at least 4 members (excludes halogenated alkanes) is 1. The van der Waals surface area contributed by atoms with E-state index in [0.29, 0.717) is 30.8 Å². The van der Waals surface area contributed by atoms with Crippen LogP contribution in [-0.2, 0) is 22.4 Å². The number of nitrogens with two attached hydrogens (primary N) is 1. The second kappa shape index (κ2) is 14.7. The molecule has 2 aromatic carbocycles. The number of benzene rings is 2. The normalized spacial score (nSPS) is 14.5. The quantitative estimate of drug-likeness (QED) is 0.128. The first kappa shape index (κ1) is 30.3. The number of aryl methyl sites for hydroxylation is 2. The monoisotopic (exact) mass is 551 g/mol. The number of hydrogen-bond acceptors (Lipinski definition) is 7. The molecule has 202 valence electrons. The van der Waals surface area contributed by atoms with E-state index in [9.17, 15) is 4.79 Å². The highest BCUT2D eigenvalue weighted by Crippen LogP contribution is 2.29. The number of halogens is 2. The number of hydrogen-bond donors (Lipinski definition) is 3. The molecule has 10 heteroatoms. The number of amidine groups is 1. The van der Waals surface area contributed by atoms with Gasteiger partial charge in [-0.1, -0.05) is 19.4 Å². The van der Waals surface area contributed by atoms with Crippen LogP contribution in [0.15, 0.2) is 46.9 Å². The lowest BCUT2D eigenvalue weighted by Crippen LogP contribution is -2.20. The number of carbonyl (C=O) groups is 1. The van der Waals surface area contributed by atoms with Crippen LogP contribution in [0.25, 0.3) is 11.0 Å². The van der Waals surface area contributed by atoms with Gasteiger partial charge in [-0.05, 0) is 61.7 Å². The van der Waals surface area contributed by atoms with E-state index in [1.165, 1.54) is 0 Å². The molecule has 2 heterocycles. The fourth-order valence-electron chi connectivity index (χ4n) is 4.03. The summed E-state index contributed by atoms with van der Waals surface area (Å²) in [5, 5.41) is 11.8. The number of esters is 1. The maximum atomic E-state index is 12.1. The van der Waals surface area contributed by atoms with Gasteiger partial charge in [0, 0.05) is 30.0 Å². The lowest BCUT2D eigenvalue weighted by molar-refractivity contribution is -0.146. The predicted octanol–water partition coefficient (Wildman–Crippen LogP) is 4.81. The molecular formula is C27H35Cl2N3O5. The van der Waals surface area contributed by atoms with Crippen molar-refractivity contribution in [1.82, 2.24) is 5.32 Å². The summed E-state index contributed by atoms with van der Waals surface area (Å²) < 4.78 is 23.2. The van der Waals surface area contributed by atoms with Gasteiger partial charge in [0.2, 0.25) is 0 Å². The summed E-state index contributed by atoms with van der Waals surface area (Å²) in [6.45, 7) is 4.07. The van der Waals surface area contributed by atoms with Gasteiger partial charge in [0.15, 0.2) is 6.61 Å². The highest BCUT2D eigenvalue weighted by Gasteiger charge is 2.18. The molecule has 8 nitrogen and oxygen atoms in total. The van der Waals surface area contributed by atoms with Gasteiger partial charge in [-0.2, -0.15) is 0 Å². The van der Waals surface area contributed by atoms with Gasteiger partial charge in [-0.15, -0.1) is 24.8 Å². The van der Waals surface area contributed by atoms with Gasteiger partial charge in [0.1, 0.15) is 34.8 Å². The highest BCUT2D eigenvalue weighted by molar-refractivity contribution is 5.98. The summed E-state index contributed by atoms with van der Waals surface area (Å²) in [5.74, 6) is 1.80. The SMILES string of the molecule is CCCCOC(=O)COc1cc(O[C@H]2CCNC2)ccc1CCc1cc2cc(C(=N)N)ccc2o1.Cl.Cl. The van der Waals surface area contributed by atoms with Crippen LogP contribution >= 0.6 is 24.8 Å². The van der Waals surface area contributed by atoms with Gasteiger partial charge < -0.3 is 29.7 Å². The molecule has 1 saturated heterocycles. The molecule has 0 amide bonds. The zero-order chi connectivity index (χ0) is 24.6. The molecule has 0 radical (unpaired) electrons. The van der Waals surface area contributed by atoms with Crippen molar-refractivity contribution < 1.29 is 23.4 Å². The fourth-order valence-corrected chi connectivity index (χ4v) is 4.03. The van der Waals surface area contributed by atoms with E-state index in [1.807, 2.05) is 43.3 Å². The lowest BCUT2D eigenvalue weighted by atomic mass is 10.1. The fraction of sp³-hybridized carbons (Fsp3) is 0.407. The number of ether oxygens (including phenoxy) is 3. The van der Waals surface area contributed by atoms with Crippen LogP contribution < -0.4 is 20.5 Å². The van der Waals surface area contributed by atoms with Gasteiger partial charge in [-0.3, -0.25) is 5.41 Å². The molecule has 3 aromatic rings. The Hall–Kier alpha value is -2.94. The standard InChI is InChI=1S/C27H33N3O5.2ClH/c1-2-3-12-32-26(31)17-33-25-15-22(34-23-10-11-30-16-23)8-5-18(25)4-7-21-14-20-13-19(27(28)29)6-9-24(20)35-21;;/h5-6,8-9,13-15,23,30H,2-4,7,10-12,16-17H2,1H3,(H3,28,29);2*1H/t23-;;/m0../s1. The number of nitrogens with one attached hydrogen (secondary N) is 2. The average Bonchev–Trinajstić information content (AvgIpc) is 3.51. The minimum absolute atomic E-state index is 0. The third-order valence-corrected chi connectivity index (χ3v) is 5.98. The molecule has 0 unspecified atom stereocenters. The second-order valence-corrected chi connectivity index (χ2v) is 8.74. The zero-order valence-electron chi connectivity index (χ0n) is 20.9. The van der Waals surface area contributed by atoms with Crippen LogP contribution in [0.2, 0.25) is 0 Å². The maximum absolute atomic E-state index is 12.1. The second-order valence-electron chi connectivity index (χ2n) is 8.74. The van der Waals surface area contributed by atoms with Crippen molar-refractivity contribution in [2.75, 3.05) is 26.3 Å². The van der Waals surface area contributed by atoms with Gasteiger partial charge in [0.05, 0.1) is 6.61 Å². The molecule has 1 aliphatic rings. The van der Waals surface area contributed by atoms with Crippen LogP contribution in [0.5, 0.6) is 11.5 Å². The van der Waals surface area contributed by atoms with Crippen molar-refractivity contribution in [2.24, 2.45) is 5.73 Å². The maximum Gasteiger partial charge on any atom is 0.344 e. The van der Waals surface area contributed by atoms with Gasteiger partial charge in [0.25, 0.3) is 0 Å². The molecule has 1 fully saturated rings. The summed E-state index contributed by atoms with van der Waals surface area (Å²) >= 11 is 0. The molecular weight excluding hydrogens is 517 g/mol. The summed E-state index contributed by atoms with van der Waals surface area (Å²) in [6.07, 6.45) is 4.19. The molecule has 0 bridgehead atoms. The predicted molar refractivity (Wildman–Crippen MR) is 149 cm³/mol. The van der Waals surface area contributed by atoms with Crippen LogP contribution in [0, 0.1) is 5.41 Å². The number of fused-ring (bicyclic) bond motifs is 1. The van der Waals surface area contributed by atoms with Gasteiger partial charge in [-0.25, -0.2) is 4.79 Å². The topological polar surface area (TPSA) is 120 Å². The number of furan rings is 1. The van der Waals surface area contributed by atoms with E-state index < -0.39 is 0 Å². The first-order valence-electron chi connectivity index (χ1n) is 12.2. The molecule has 0 saturated carbocycles. The number of nitrogen functional groups attached to an aromatic ring is 1. The van der Waals surface area contributed by atoms with E-state index in [-0.39, 0.29) is 49.3 Å². The lowest BCUT2D eigenvalue weighted by Gasteiger charge is -2.16. The summed E-state index contributed by atoms with van der Waals surface area (Å²) in [4.78, 5) is 12.1. The van der Waals surface area contributed by atoms with E-state index in [4.69, 9.17) is 29.8 Å². The minimum Gasteiger partial charge on any atom is -0.489 e. The molecule has 1 aromatic heterocycles. The number of carbonyl (C=O) groups excluding carboxylic acids is 1. The van der Waals surface area contributed by atoms with Crippen molar-refractivity contribution >= 4 is 47.6 Å². The zero-order valence-corrected chi connectivity index (χ0v) is 22.6. The molecule has 1 aliphatic heterocycles. The van der Waals surface area contributed by atoms with E-state index in [2.05, 4.69) is 5.32 Å². The number of rotatable bonds is 12. The van der Waals surface area contributed by atoms with Crippen LogP contribution in [0.3, 0.4) is 0 Å². The molecule has 4 N–H and O–H groups in total. The Balaban J connectivity index is 0.00000241. The largest absolute Gasteiger partial charge is 0.489 e. The average molecular weight is 552 g/mol. The van der Waals surface area contributed by atoms with Crippen LogP contribution in [0.4, 0.5) is 0 Å². The van der Waals surface area contributed by atoms with Gasteiger partial charge >= 0.3 is 5.97 Å². The Kier molecular flexibility index (Phi) is 12.0. The summed E-state index contributed by atoms with van der Waals surface area (Å²) in [5.41, 5.74) is 7.98. The first-order chi connectivity index (χ1) is 17.0. The summed E-state index contributed by atoms with van der Waals surface area (Å²) in [6, 6.07) is 13.2. The van der Waals surface area contributed by atoms with Crippen molar-refractivity contribution in [3.8, 4) is 11.5 Å². The Bertz CT molecular complexity index is 1180. The Morgan fingerprint density at radius 3 is 2.73 bits per heavy atom. The Morgan fingerprint density at radius 2 is 2.00 bits per heavy atom. The van der Waals surface area contributed by atoms with E-state index >= 15 is 0 Å². The smallest absolute Gasteiger partial charge is 0.344 e. The highest BCUT2D eigenvalue weighted by atomic mass is 35.5. The molecule has 0 aliphatic carbocycles. The Labute approximate surface area is 229 Å². The third kappa shape index (κ3) is 8.55. The molecule has 1 atom stereocenters. The molecule has 0 spiro atoms. The minimum atomic E-state index is -0.380. The van der Waals surface area contributed by atoms with Crippen LogP contribution in [0.1, 0.15) is 43.1 Å². The van der Waals surface area contributed by atoms with Crippen molar-refractivity contribution in [2.45, 2.75) is 45.1 Å². The summed E-state index contributed by atoms with van der Waals surface area (Å²) in [7, 11) is 0. The van der Waals surface area contributed by atoms with Crippen molar-refractivity contribution in [1.29, 1.82) is 5.41 Å².